The van der Waals surface area contributed by atoms with E-state index in [4.69, 9.17) is 4.55 Å². The van der Waals surface area contributed by atoms with Crippen molar-refractivity contribution in [2.75, 3.05) is 18.8 Å². The van der Waals surface area contributed by atoms with Gasteiger partial charge in [0.15, 0.2) is 0 Å². The quantitative estimate of drug-likeness (QED) is 0.307. The van der Waals surface area contributed by atoms with Gasteiger partial charge in [0.05, 0.1) is 18.0 Å². The molecular weight excluding hydrogens is 438 g/mol. The van der Waals surface area contributed by atoms with Crippen LogP contribution in [0.3, 0.4) is 0 Å². The molecule has 0 bridgehead atoms. The Morgan fingerprint density at radius 1 is 0.939 bits per heavy atom. The van der Waals surface area contributed by atoms with Crippen LogP contribution < -0.4 is 5.32 Å². The summed E-state index contributed by atoms with van der Waals surface area (Å²) in [6.07, 6.45) is 10.5. The van der Waals surface area contributed by atoms with E-state index in [1.54, 1.807) is 0 Å². The van der Waals surface area contributed by atoms with Gasteiger partial charge in [-0.05, 0) is 117 Å². The van der Waals surface area contributed by atoms with Crippen molar-refractivity contribution in [3.05, 3.63) is 0 Å². The van der Waals surface area contributed by atoms with Gasteiger partial charge >= 0.3 is 0 Å². The van der Waals surface area contributed by atoms with Crippen molar-refractivity contribution in [3.63, 3.8) is 0 Å². The van der Waals surface area contributed by atoms with E-state index >= 15 is 0 Å². The van der Waals surface area contributed by atoms with Gasteiger partial charge in [-0.2, -0.15) is 8.42 Å². The molecule has 4 rings (SSSR count). The summed E-state index contributed by atoms with van der Waals surface area (Å²) in [7, 11) is -3.88. The van der Waals surface area contributed by atoms with Gasteiger partial charge in [-0.3, -0.25) is 4.55 Å². The van der Waals surface area contributed by atoms with Crippen LogP contribution in [0.2, 0.25) is 0 Å². The Morgan fingerprint density at radius 2 is 1.64 bits per heavy atom. The number of fused-ring (bicyclic) bond motifs is 5. The smallest absolute Gasteiger partial charge is 0.266 e. The number of nitrogens with one attached hydrogen (secondary N) is 1. The van der Waals surface area contributed by atoms with Crippen molar-refractivity contribution in [1.82, 2.24) is 5.32 Å². The fourth-order valence-electron chi connectivity index (χ4n) is 9.33. The van der Waals surface area contributed by atoms with Crippen molar-refractivity contribution < 1.29 is 23.2 Å². The van der Waals surface area contributed by atoms with Crippen molar-refractivity contribution in [1.29, 1.82) is 0 Å². The van der Waals surface area contributed by atoms with Crippen LogP contribution in [0, 0.1) is 46.3 Å². The Bertz CT molecular complexity index is 790. The second-order valence-corrected chi connectivity index (χ2v) is 14.2. The number of rotatable bonds is 8. The fourth-order valence-corrected chi connectivity index (χ4v) is 9.73. The van der Waals surface area contributed by atoms with E-state index in [-0.39, 0.29) is 29.3 Å². The summed E-state index contributed by atoms with van der Waals surface area (Å²) in [5.74, 6) is 3.41. The molecular formula is C26H47NO5S. The van der Waals surface area contributed by atoms with E-state index in [2.05, 4.69) is 26.1 Å². The number of aliphatic hydroxyl groups excluding tert-OH is 2. The third-order valence-electron chi connectivity index (χ3n) is 11.0. The molecule has 4 saturated carbocycles. The Kier molecular flexibility index (Phi) is 7.59. The average molecular weight is 486 g/mol. The zero-order chi connectivity index (χ0) is 24.0. The molecule has 0 amide bonds. The van der Waals surface area contributed by atoms with Crippen LogP contribution in [0.1, 0.15) is 85.0 Å². The molecule has 4 aliphatic rings. The SMILES string of the molecule is CC(CCCNCCS(=O)(=O)O)C1CCC2C3C[C@H](O)[C@@H]4C[C@H](O)CC[C@]4(C)C3CC[C@]12C. The minimum Gasteiger partial charge on any atom is -0.393 e. The summed E-state index contributed by atoms with van der Waals surface area (Å²) in [4.78, 5) is 0. The normalized spacial score (nSPS) is 46.3. The summed E-state index contributed by atoms with van der Waals surface area (Å²) in [5.41, 5.74) is 0.538. The molecule has 0 heterocycles. The van der Waals surface area contributed by atoms with Crippen LogP contribution >= 0.6 is 0 Å². The highest BCUT2D eigenvalue weighted by molar-refractivity contribution is 7.85. The van der Waals surface area contributed by atoms with Crippen molar-refractivity contribution >= 4 is 10.1 Å². The first kappa shape index (κ1) is 25.9. The molecule has 4 N–H and O–H groups in total. The molecule has 0 spiro atoms. The Morgan fingerprint density at radius 3 is 2.36 bits per heavy atom. The highest BCUT2D eigenvalue weighted by atomic mass is 32.2. The van der Waals surface area contributed by atoms with Gasteiger partial charge in [-0.1, -0.05) is 20.8 Å². The molecule has 0 radical (unpaired) electrons. The lowest BCUT2D eigenvalue weighted by atomic mass is 9.44. The molecule has 0 aromatic carbocycles. The molecule has 6 nitrogen and oxygen atoms in total. The van der Waals surface area contributed by atoms with Crippen LogP contribution in [0.5, 0.6) is 0 Å². The van der Waals surface area contributed by atoms with Gasteiger partial charge in [0.2, 0.25) is 0 Å². The monoisotopic (exact) mass is 485 g/mol. The Balaban J connectivity index is 1.36. The summed E-state index contributed by atoms with van der Waals surface area (Å²) in [6.45, 7) is 8.46. The van der Waals surface area contributed by atoms with E-state index < -0.39 is 10.1 Å². The summed E-state index contributed by atoms with van der Waals surface area (Å²) in [5, 5.41) is 24.6. The third-order valence-corrected chi connectivity index (χ3v) is 11.7. The van der Waals surface area contributed by atoms with E-state index in [0.717, 1.165) is 51.0 Å². The zero-order valence-electron chi connectivity index (χ0n) is 20.9. The largest absolute Gasteiger partial charge is 0.393 e. The van der Waals surface area contributed by atoms with Gasteiger partial charge in [0, 0.05) is 6.54 Å². The van der Waals surface area contributed by atoms with Crippen LogP contribution in [-0.2, 0) is 10.1 Å². The second-order valence-electron chi connectivity index (χ2n) is 12.6. The highest BCUT2D eigenvalue weighted by Gasteiger charge is 2.62. The Hall–Kier alpha value is -0.210. The van der Waals surface area contributed by atoms with E-state index in [1.807, 2.05) is 0 Å². The van der Waals surface area contributed by atoms with Crippen molar-refractivity contribution in [3.8, 4) is 0 Å². The molecule has 4 aliphatic carbocycles. The van der Waals surface area contributed by atoms with E-state index in [9.17, 15) is 18.6 Å². The minimum atomic E-state index is -3.88. The molecule has 0 saturated heterocycles. The number of hydrogen-bond acceptors (Lipinski definition) is 5. The predicted octanol–water partition coefficient (Wildman–Crippen LogP) is 3.87. The predicted molar refractivity (Wildman–Crippen MR) is 130 cm³/mol. The minimum absolute atomic E-state index is 0.181. The molecule has 0 aromatic rings. The maximum atomic E-state index is 11.2. The maximum absolute atomic E-state index is 11.2. The highest BCUT2D eigenvalue weighted by Crippen LogP contribution is 2.68. The molecule has 7 heteroatoms. The first-order valence-electron chi connectivity index (χ1n) is 13.5. The van der Waals surface area contributed by atoms with Crippen LogP contribution in [0.25, 0.3) is 0 Å². The van der Waals surface area contributed by atoms with Crippen molar-refractivity contribution in [2.45, 2.75) is 97.2 Å². The third kappa shape index (κ3) is 5.04. The summed E-state index contributed by atoms with van der Waals surface area (Å²) in [6, 6.07) is 0. The lowest BCUT2D eigenvalue weighted by Gasteiger charge is -2.62. The van der Waals surface area contributed by atoms with E-state index in [0.29, 0.717) is 35.6 Å². The number of hydrogen-bond donors (Lipinski definition) is 4. The van der Waals surface area contributed by atoms with Crippen LogP contribution in [-0.4, -0.2) is 54.2 Å². The molecule has 5 unspecified atom stereocenters. The second kappa shape index (κ2) is 9.68. The summed E-state index contributed by atoms with van der Waals surface area (Å²) < 4.78 is 30.5. The van der Waals surface area contributed by atoms with Gasteiger partial charge in [0.25, 0.3) is 10.1 Å². The average Bonchev–Trinajstić information content (AvgIpc) is 3.08. The van der Waals surface area contributed by atoms with Gasteiger partial charge in [-0.15, -0.1) is 0 Å². The van der Waals surface area contributed by atoms with Gasteiger partial charge in [0.1, 0.15) is 0 Å². The topological polar surface area (TPSA) is 107 Å². The van der Waals surface area contributed by atoms with Crippen LogP contribution in [0.4, 0.5) is 0 Å². The Labute approximate surface area is 201 Å². The lowest BCUT2D eigenvalue weighted by Crippen LogP contribution is -2.58. The van der Waals surface area contributed by atoms with Gasteiger partial charge < -0.3 is 15.5 Å². The molecule has 0 aliphatic heterocycles. The molecule has 4 fully saturated rings. The summed E-state index contributed by atoms with van der Waals surface area (Å²) >= 11 is 0. The fraction of sp³-hybridized carbons (Fsp3) is 1.00. The molecule has 0 aromatic heterocycles. The van der Waals surface area contributed by atoms with Gasteiger partial charge in [-0.25, -0.2) is 0 Å². The molecule has 192 valence electrons. The number of aliphatic hydroxyl groups is 2. The standard InChI is InChI=1S/C26H47NO5S/c1-17(5-4-12-27-13-14-33(30,31)32)20-6-7-21-19-16-24(29)23-15-18(28)8-10-26(23,3)22(19)9-11-25(20,21)2/h17-24,27-29H,4-16H2,1-3H3,(H,30,31,32)/t17?,18-,19?,20?,21?,22?,23+,24+,25-,26-/m1/s1. The first-order valence-corrected chi connectivity index (χ1v) is 15.1. The van der Waals surface area contributed by atoms with Crippen molar-refractivity contribution in [2.24, 2.45) is 46.3 Å². The lowest BCUT2D eigenvalue weighted by molar-refractivity contribution is -0.172. The maximum Gasteiger partial charge on any atom is 0.266 e. The van der Waals surface area contributed by atoms with Crippen LogP contribution in [0.15, 0.2) is 0 Å². The van der Waals surface area contributed by atoms with E-state index in [1.165, 1.54) is 25.7 Å². The first-order chi connectivity index (χ1) is 15.5. The molecule has 33 heavy (non-hydrogen) atoms. The zero-order valence-corrected chi connectivity index (χ0v) is 21.7. The molecule has 10 atom stereocenters.